The Morgan fingerprint density at radius 1 is 1.30 bits per heavy atom. The van der Waals surface area contributed by atoms with E-state index in [2.05, 4.69) is 31.0 Å². The molecular weight excluding hydrogens is 279 g/mol. The monoisotopic (exact) mass is 300 g/mol. The lowest BCUT2D eigenvalue weighted by Gasteiger charge is -2.42. The van der Waals surface area contributed by atoms with E-state index in [0.717, 1.165) is 32.2 Å². The third-order valence-corrected chi connectivity index (χ3v) is 3.98. The van der Waals surface area contributed by atoms with E-state index in [1.165, 1.54) is 6.07 Å². The van der Waals surface area contributed by atoms with Gasteiger partial charge in [0.25, 0.3) is 0 Å². The first-order valence-electron chi connectivity index (χ1n) is 6.93. The average molecular weight is 301 g/mol. The van der Waals surface area contributed by atoms with Crippen LogP contribution in [0.4, 0.5) is 4.39 Å². The Labute approximate surface area is 124 Å². The van der Waals surface area contributed by atoms with Crippen molar-refractivity contribution in [1.82, 2.24) is 10.2 Å². The summed E-state index contributed by atoms with van der Waals surface area (Å²) in [7, 11) is 0. The fourth-order valence-corrected chi connectivity index (χ4v) is 3.16. The molecule has 1 aliphatic heterocycles. The van der Waals surface area contributed by atoms with Crippen LogP contribution in [0.25, 0.3) is 0 Å². The first kappa shape index (κ1) is 15.5. The molecule has 0 spiro atoms. The minimum Gasteiger partial charge on any atom is -0.506 e. The molecule has 0 aromatic heterocycles. The first-order valence-corrected chi connectivity index (χ1v) is 7.31. The molecule has 0 radical (unpaired) electrons. The number of hydrogen-bond donors (Lipinski definition) is 2. The molecule has 20 heavy (non-hydrogen) atoms. The predicted molar refractivity (Wildman–Crippen MR) is 79.7 cm³/mol. The minimum atomic E-state index is -0.410. The lowest BCUT2D eigenvalue weighted by Crippen LogP contribution is -2.48. The molecule has 1 fully saturated rings. The van der Waals surface area contributed by atoms with Crippen LogP contribution in [0.5, 0.6) is 5.75 Å². The minimum absolute atomic E-state index is 0.00785. The van der Waals surface area contributed by atoms with Gasteiger partial charge >= 0.3 is 0 Å². The molecule has 5 heteroatoms. The molecule has 1 aromatic carbocycles. The third kappa shape index (κ3) is 3.25. The molecule has 3 nitrogen and oxygen atoms in total. The van der Waals surface area contributed by atoms with Crippen LogP contribution >= 0.6 is 11.6 Å². The molecule has 1 aliphatic rings. The van der Waals surface area contributed by atoms with Crippen LogP contribution < -0.4 is 5.32 Å². The highest BCUT2D eigenvalue weighted by Crippen LogP contribution is 2.44. The molecule has 1 heterocycles. The van der Waals surface area contributed by atoms with E-state index >= 15 is 0 Å². The highest BCUT2D eigenvalue weighted by atomic mass is 35.5. The van der Waals surface area contributed by atoms with E-state index in [0.29, 0.717) is 5.56 Å². The van der Waals surface area contributed by atoms with Gasteiger partial charge in [-0.2, -0.15) is 0 Å². The van der Waals surface area contributed by atoms with Gasteiger partial charge in [0.15, 0.2) is 0 Å². The SMILES string of the molecule is CC(C)(C)[C@@H](c1cc(F)cc(Cl)c1O)N1CCNCC1. The summed E-state index contributed by atoms with van der Waals surface area (Å²) in [6, 6.07) is 2.48. The average Bonchev–Trinajstić information content (AvgIpc) is 2.35. The number of phenolic OH excluding ortho intramolecular Hbond substituents is 1. The van der Waals surface area contributed by atoms with Gasteiger partial charge in [0.1, 0.15) is 11.6 Å². The third-order valence-electron chi connectivity index (χ3n) is 3.69. The van der Waals surface area contributed by atoms with E-state index in [4.69, 9.17) is 11.6 Å². The number of benzene rings is 1. The van der Waals surface area contributed by atoms with Crippen molar-refractivity contribution in [2.75, 3.05) is 26.2 Å². The van der Waals surface area contributed by atoms with Crippen LogP contribution in [0, 0.1) is 11.2 Å². The number of phenols is 1. The molecule has 2 rings (SSSR count). The van der Waals surface area contributed by atoms with Crippen LogP contribution in [0.1, 0.15) is 32.4 Å². The molecule has 0 unspecified atom stereocenters. The maximum atomic E-state index is 13.7. The Hall–Kier alpha value is -0.840. The van der Waals surface area contributed by atoms with Crippen molar-refractivity contribution in [3.8, 4) is 5.75 Å². The normalized spacial score (nSPS) is 19.1. The molecule has 112 valence electrons. The largest absolute Gasteiger partial charge is 0.506 e. The zero-order valence-corrected chi connectivity index (χ0v) is 13.0. The number of piperazine rings is 1. The van der Waals surface area contributed by atoms with Gasteiger partial charge < -0.3 is 10.4 Å². The van der Waals surface area contributed by atoms with E-state index in [9.17, 15) is 9.50 Å². The van der Waals surface area contributed by atoms with Gasteiger partial charge in [0.05, 0.1) is 5.02 Å². The molecule has 2 N–H and O–H groups in total. The second-order valence-corrected chi connectivity index (χ2v) is 6.79. The molecule has 0 saturated carbocycles. The van der Waals surface area contributed by atoms with Gasteiger partial charge in [-0.3, -0.25) is 4.90 Å². The second kappa shape index (κ2) is 5.88. The fraction of sp³-hybridized carbons (Fsp3) is 0.600. The molecule has 0 aliphatic carbocycles. The van der Waals surface area contributed by atoms with Gasteiger partial charge in [-0.25, -0.2) is 4.39 Å². The predicted octanol–water partition coefficient (Wildman–Crippen LogP) is 3.18. The van der Waals surface area contributed by atoms with Crippen LogP contribution in [0.15, 0.2) is 12.1 Å². The lowest BCUT2D eigenvalue weighted by molar-refractivity contribution is 0.0840. The van der Waals surface area contributed by atoms with Gasteiger partial charge in [-0.1, -0.05) is 32.4 Å². The Morgan fingerprint density at radius 2 is 1.90 bits per heavy atom. The number of nitrogens with zero attached hydrogens (tertiary/aromatic N) is 1. The zero-order valence-electron chi connectivity index (χ0n) is 12.2. The number of nitrogens with one attached hydrogen (secondary N) is 1. The molecule has 1 aromatic rings. The molecule has 1 saturated heterocycles. The maximum Gasteiger partial charge on any atom is 0.139 e. The topological polar surface area (TPSA) is 35.5 Å². The van der Waals surface area contributed by atoms with Crippen molar-refractivity contribution in [3.05, 3.63) is 28.5 Å². The number of hydrogen-bond acceptors (Lipinski definition) is 3. The van der Waals surface area contributed by atoms with Crippen molar-refractivity contribution in [3.63, 3.8) is 0 Å². The highest BCUT2D eigenvalue weighted by Gasteiger charge is 2.35. The summed E-state index contributed by atoms with van der Waals surface area (Å²) in [6.45, 7) is 9.83. The smallest absolute Gasteiger partial charge is 0.139 e. The summed E-state index contributed by atoms with van der Waals surface area (Å²) < 4.78 is 13.7. The first-order chi connectivity index (χ1) is 9.30. The summed E-state index contributed by atoms with van der Waals surface area (Å²) in [5.41, 5.74) is 0.441. The van der Waals surface area contributed by atoms with Crippen LogP contribution in [0.2, 0.25) is 5.02 Å². The maximum absolute atomic E-state index is 13.7. The van der Waals surface area contributed by atoms with Crippen molar-refractivity contribution >= 4 is 11.6 Å². The Kier molecular flexibility index (Phi) is 4.57. The standard InChI is InChI=1S/C15H22ClFN2O/c1-15(2,3)14(19-6-4-18-5-7-19)11-8-10(17)9-12(16)13(11)20/h8-9,14,18,20H,4-7H2,1-3H3/t14-/m1/s1. The van der Waals surface area contributed by atoms with E-state index in [-0.39, 0.29) is 22.2 Å². The summed E-state index contributed by atoms with van der Waals surface area (Å²) in [4.78, 5) is 2.28. The van der Waals surface area contributed by atoms with Gasteiger partial charge in [-0.15, -0.1) is 0 Å². The Morgan fingerprint density at radius 3 is 2.45 bits per heavy atom. The van der Waals surface area contributed by atoms with Crippen LogP contribution in [-0.4, -0.2) is 36.2 Å². The van der Waals surface area contributed by atoms with E-state index < -0.39 is 5.82 Å². The van der Waals surface area contributed by atoms with Gasteiger partial charge in [0, 0.05) is 37.8 Å². The number of aromatic hydroxyl groups is 1. The highest BCUT2D eigenvalue weighted by molar-refractivity contribution is 6.32. The van der Waals surface area contributed by atoms with Crippen molar-refractivity contribution in [2.45, 2.75) is 26.8 Å². The molecule has 1 atom stereocenters. The Bertz CT molecular complexity index is 481. The molecule has 0 amide bonds. The van der Waals surface area contributed by atoms with Gasteiger partial charge in [-0.05, 0) is 17.5 Å². The van der Waals surface area contributed by atoms with Crippen LogP contribution in [-0.2, 0) is 0 Å². The summed E-state index contributed by atoms with van der Waals surface area (Å²) in [5.74, 6) is -0.418. The second-order valence-electron chi connectivity index (χ2n) is 6.38. The molecule has 0 bridgehead atoms. The fourth-order valence-electron chi connectivity index (χ4n) is 2.95. The lowest BCUT2D eigenvalue weighted by atomic mass is 9.80. The summed E-state index contributed by atoms with van der Waals surface area (Å²) >= 11 is 5.93. The quantitative estimate of drug-likeness (QED) is 0.880. The summed E-state index contributed by atoms with van der Waals surface area (Å²) in [5, 5.41) is 13.6. The molecular formula is C15H22ClFN2O. The van der Waals surface area contributed by atoms with Crippen molar-refractivity contribution < 1.29 is 9.50 Å². The van der Waals surface area contributed by atoms with Crippen molar-refractivity contribution in [1.29, 1.82) is 0 Å². The van der Waals surface area contributed by atoms with E-state index in [1.807, 2.05) is 0 Å². The van der Waals surface area contributed by atoms with Crippen LogP contribution in [0.3, 0.4) is 0 Å². The number of rotatable bonds is 2. The zero-order chi connectivity index (χ0) is 14.9. The van der Waals surface area contributed by atoms with E-state index in [1.54, 1.807) is 0 Å². The van der Waals surface area contributed by atoms with Crippen molar-refractivity contribution in [2.24, 2.45) is 5.41 Å². The number of halogens is 2. The Balaban J connectivity index is 2.46. The van der Waals surface area contributed by atoms with Gasteiger partial charge in [0.2, 0.25) is 0 Å². The summed E-state index contributed by atoms with van der Waals surface area (Å²) in [6.07, 6.45) is 0.